The first-order chi connectivity index (χ1) is 10.2. The first-order valence-corrected chi connectivity index (χ1v) is 8.96. The summed E-state index contributed by atoms with van der Waals surface area (Å²) in [7, 11) is -3.38. The molecule has 0 bridgehead atoms. The second kappa shape index (κ2) is 6.16. The van der Waals surface area contributed by atoms with Crippen molar-refractivity contribution in [2.75, 3.05) is 0 Å². The Labute approximate surface area is 130 Å². The van der Waals surface area contributed by atoms with Crippen LogP contribution in [-0.2, 0) is 21.3 Å². The molecule has 0 unspecified atom stereocenters. The maximum absolute atomic E-state index is 12.4. The number of pyridine rings is 1. The molecule has 0 atom stereocenters. The second-order valence-corrected chi connectivity index (χ2v) is 7.94. The molecule has 0 fully saturated rings. The number of rotatable bonds is 5. The molecule has 2 heterocycles. The van der Waals surface area contributed by atoms with Crippen molar-refractivity contribution in [3.63, 3.8) is 0 Å². The van der Waals surface area contributed by atoms with E-state index in [1.54, 1.807) is 0 Å². The normalized spacial score (nSPS) is 12.1. The van der Waals surface area contributed by atoms with Crippen LogP contribution in [0.5, 0.6) is 0 Å². The van der Waals surface area contributed by atoms with Gasteiger partial charge in [0.25, 0.3) is 0 Å². The van der Waals surface area contributed by atoms with Crippen LogP contribution in [0.1, 0.15) is 54.0 Å². The molecular formula is C15H21N3O3S. The molecule has 0 N–H and O–H groups in total. The Kier molecular flexibility index (Phi) is 4.65. The third-order valence-corrected chi connectivity index (χ3v) is 4.80. The lowest BCUT2D eigenvalue weighted by Gasteiger charge is -2.10. The molecule has 0 saturated heterocycles. The fourth-order valence-electron chi connectivity index (χ4n) is 2.30. The lowest BCUT2D eigenvalue weighted by Crippen LogP contribution is -2.12. The van der Waals surface area contributed by atoms with Crippen LogP contribution in [0.4, 0.5) is 0 Å². The van der Waals surface area contributed by atoms with Crippen LogP contribution in [0.3, 0.4) is 0 Å². The third-order valence-electron chi connectivity index (χ3n) is 3.37. The van der Waals surface area contributed by atoms with E-state index < -0.39 is 9.84 Å². The molecule has 2 aromatic rings. The molecule has 0 aliphatic rings. The molecule has 0 aliphatic heterocycles. The van der Waals surface area contributed by atoms with Gasteiger partial charge in [0.15, 0.2) is 15.7 Å². The summed E-state index contributed by atoms with van der Waals surface area (Å²) < 4.78 is 29.8. The van der Waals surface area contributed by atoms with Crippen molar-refractivity contribution >= 4 is 9.84 Å². The Hall–Kier alpha value is -1.76. The van der Waals surface area contributed by atoms with E-state index >= 15 is 0 Å². The lowest BCUT2D eigenvalue weighted by atomic mass is 10.1. The van der Waals surface area contributed by atoms with Crippen LogP contribution in [0, 0.1) is 20.8 Å². The molecule has 2 aromatic heterocycles. The van der Waals surface area contributed by atoms with Gasteiger partial charge in [-0.05, 0) is 38.0 Å². The first-order valence-electron chi connectivity index (χ1n) is 7.14. The molecule has 0 aromatic carbocycles. The van der Waals surface area contributed by atoms with E-state index in [1.165, 1.54) is 0 Å². The fourth-order valence-corrected chi connectivity index (χ4v) is 3.79. The number of hydrogen-bond acceptors (Lipinski definition) is 6. The van der Waals surface area contributed by atoms with Crippen LogP contribution in [0.2, 0.25) is 0 Å². The quantitative estimate of drug-likeness (QED) is 0.840. The highest BCUT2D eigenvalue weighted by Crippen LogP contribution is 2.19. The Morgan fingerprint density at radius 2 is 1.82 bits per heavy atom. The molecule has 22 heavy (non-hydrogen) atoms. The van der Waals surface area contributed by atoms with Gasteiger partial charge in [-0.2, -0.15) is 4.98 Å². The Balaban J connectivity index is 2.21. The molecule has 0 radical (unpaired) electrons. The predicted octanol–water partition coefficient (Wildman–Crippen LogP) is 2.63. The molecule has 6 nitrogen and oxygen atoms in total. The van der Waals surface area contributed by atoms with Crippen molar-refractivity contribution < 1.29 is 12.9 Å². The summed E-state index contributed by atoms with van der Waals surface area (Å²) in [5, 5.41) is 3.74. The van der Waals surface area contributed by atoms with Crippen LogP contribution in [-0.4, -0.2) is 23.5 Å². The lowest BCUT2D eigenvalue weighted by molar-refractivity contribution is 0.361. The van der Waals surface area contributed by atoms with E-state index in [4.69, 9.17) is 4.52 Å². The zero-order valence-corrected chi connectivity index (χ0v) is 14.4. The van der Waals surface area contributed by atoms with Crippen molar-refractivity contribution in [3.05, 3.63) is 40.3 Å². The van der Waals surface area contributed by atoms with Gasteiger partial charge in [-0.15, -0.1) is 0 Å². The third kappa shape index (κ3) is 3.91. The van der Waals surface area contributed by atoms with E-state index in [0.717, 1.165) is 22.5 Å². The van der Waals surface area contributed by atoms with Crippen LogP contribution >= 0.6 is 0 Å². The summed E-state index contributed by atoms with van der Waals surface area (Å²) in [6.07, 6.45) is 0. The smallest absolute Gasteiger partial charge is 0.229 e. The van der Waals surface area contributed by atoms with Gasteiger partial charge in [0.1, 0.15) is 5.75 Å². The van der Waals surface area contributed by atoms with Gasteiger partial charge in [-0.25, -0.2) is 8.42 Å². The number of aryl methyl sites for hydroxylation is 3. The predicted molar refractivity (Wildman–Crippen MR) is 83.2 cm³/mol. The Bertz CT molecular complexity index is 756. The largest absolute Gasteiger partial charge is 0.339 e. The monoisotopic (exact) mass is 323 g/mol. The van der Waals surface area contributed by atoms with Crippen LogP contribution in [0.15, 0.2) is 10.6 Å². The number of sulfone groups is 1. The van der Waals surface area contributed by atoms with E-state index in [-0.39, 0.29) is 23.2 Å². The van der Waals surface area contributed by atoms with Gasteiger partial charge in [-0.1, -0.05) is 19.0 Å². The van der Waals surface area contributed by atoms with Crippen molar-refractivity contribution in [2.24, 2.45) is 0 Å². The van der Waals surface area contributed by atoms with Gasteiger partial charge in [0.2, 0.25) is 5.89 Å². The molecular weight excluding hydrogens is 302 g/mol. The highest BCUT2D eigenvalue weighted by Gasteiger charge is 2.21. The zero-order valence-electron chi connectivity index (χ0n) is 13.5. The zero-order chi connectivity index (χ0) is 16.5. The van der Waals surface area contributed by atoms with Gasteiger partial charge in [0, 0.05) is 17.3 Å². The molecule has 120 valence electrons. The van der Waals surface area contributed by atoms with Crippen LogP contribution in [0.25, 0.3) is 0 Å². The summed E-state index contributed by atoms with van der Waals surface area (Å²) in [5.41, 5.74) is 3.32. The average Bonchev–Trinajstić information content (AvgIpc) is 2.81. The highest BCUT2D eigenvalue weighted by atomic mass is 32.2. The molecule has 0 aliphatic carbocycles. The van der Waals surface area contributed by atoms with E-state index in [1.807, 2.05) is 40.7 Å². The number of hydrogen-bond donors (Lipinski definition) is 0. The standard InChI is InChI=1S/C15H21N3O3S/c1-9(2)15-17-14(18-21-15)8-22(19,20)7-13-10(3)6-11(4)16-12(13)5/h6,9H,7-8H2,1-5H3. The van der Waals surface area contributed by atoms with Gasteiger partial charge >= 0.3 is 0 Å². The molecule has 2 rings (SSSR count). The Morgan fingerprint density at radius 1 is 1.14 bits per heavy atom. The first kappa shape index (κ1) is 16.6. The van der Waals surface area contributed by atoms with E-state index in [2.05, 4.69) is 15.1 Å². The van der Waals surface area contributed by atoms with Crippen molar-refractivity contribution in [3.8, 4) is 0 Å². The topological polar surface area (TPSA) is 86.0 Å². The number of aromatic nitrogens is 3. The Morgan fingerprint density at radius 3 is 2.36 bits per heavy atom. The minimum absolute atomic E-state index is 0.0660. The SMILES string of the molecule is Cc1cc(C)c(CS(=O)(=O)Cc2noc(C(C)C)n2)c(C)n1. The summed E-state index contributed by atoms with van der Waals surface area (Å²) >= 11 is 0. The summed E-state index contributed by atoms with van der Waals surface area (Å²) in [4.78, 5) is 8.46. The maximum atomic E-state index is 12.4. The second-order valence-electron chi connectivity index (χ2n) is 5.88. The fraction of sp³-hybridized carbons (Fsp3) is 0.533. The van der Waals surface area contributed by atoms with Crippen molar-refractivity contribution in [1.29, 1.82) is 0 Å². The highest BCUT2D eigenvalue weighted by molar-refractivity contribution is 7.89. The average molecular weight is 323 g/mol. The van der Waals surface area contributed by atoms with Crippen LogP contribution < -0.4 is 0 Å². The summed E-state index contributed by atoms with van der Waals surface area (Å²) in [6.45, 7) is 9.45. The number of nitrogens with zero attached hydrogens (tertiary/aromatic N) is 3. The summed E-state index contributed by atoms with van der Waals surface area (Å²) in [6, 6.07) is 1.89. The van der Waals surface area contributed by atoms with Crippen molar-refractivity contribution in [2.45, 2.75) is 52.0 Å². The molecule has 0 spiro atoms. The molecule has 7 heteroatoms. The van der Waals surface area contributed by atoms with E-state index in [0.29, 0.717) is 5.89 Å². The minimum Gasteiger partial charge on any atom is -0.339 e. The van der Waals surface area contributed by atoms with E-state index in [9.17, 15) is 8.42 Å². The minimum atomic E-state index is -3.38. The maximum Gasteiger partial charge on any atom is 0.229 e. The van der Waals surface area contributed by atoms with Gasteiger partial charge in [-0.3, -0.25) is 4.98 Å². The molecule has 0 saturated carbocycles. The van der Waals surface area contributed by atoms with Gasteiger partial charge in [0.05, 0.1) is 5.75 Å². The van der Waals surface area contributed by atoms with Crippen molar-refractivity contribution in [1.82, 2.24) is 15.1 Å². The van der Waals surface area contributed by atoms with Gasteiger partial charge < -0.3 is 4.52 Å². The molecule has 0 amide bonds. The summed E-state index contributed by atoms with van der Waals surface area (Å²) in [5.74, 6) is 0.447.